The van der Waals surface area contributed by atoms with Crippen molar-refractivity contribution in [3.63, 3.8) is 0 Å². The number of nitrogens with zero attached hydrogens (tertiary/aromatic N) is 1. The van der Waals surface area contributed by atoms with Gasteiger partial charge in [-0.15, -0.1) is 0 Å². The fourth-order valence-corrected chi connectivity index (χ4v) is 2.73. The van der Waals surface area contributed by atoms with Gasteiger partial charge in [0.1, 0.15) is 6.61 Å². The van der Waals surface area contributed by atoms with Crippen LogP contribution < -0.4 is 5.32 Å². The number of alkyl halides is 3. The molecule has 1 saturated heterocycles. The van der Waals surface area contributed by atoms with Crippen molar-refractivity contribution in [3.05, 3.63) is 0 Å². The van der Waals surface area contributed by atoms with Gasteiger partial charge in [-0.1, -0.05) is 6.42 Å². The molecule has 2 fully saturated rings. The molecule has 0 radical (unpaired) electrons. The van der Waals surface area contributed by atoms with Gasteiger partial charge in [-0.2, -0.15) is 13.2 Å². The standard InChI is InChI=1S/C14H25F3N2O/c15-14(16,17)11-20-9-3-8-19-7-2-1-4-13(19)10-18-12-5-6-12/h12-13,18H,1-11H2. The van der Waals surface area contributed by atoms with E-state index in [1.807, 2.05) is 0 Å². The molecule has 1 aliphatic heterocycles. The van der Waals surface area contributed by atoms with E-state index >= 15 is 0 Å². The molecule has 1 heterocycles. The molecule has 1 saturated carbocycles. The summed E-state index contributed by atoms with van der Waals surface area (Å²) in [6, 6.07) is 1.26. The predicted octanol–water partition coefficient (Wildman–Crippen LogP) is 2.56. The largest absolute Gasteiger partial charge is 0.411 e. The molecule has 1 N–H and O–H groups in total. The Labute approximate surface area is 118 Å². The van der Waals surface area contributed by atoms with Crippen LogP contribution in [-0.2, 0) is 4.74 Å². The van der Waals surface area contributed by atoms with Crippen molar-refractivity contribution in [1.29, 1.82) is 0 Å². The molecule has 1 aliphatic carbocycles. The van der Waals surface area contributed by atoms with Crippen molar-refractivity contribution in [1.82, 2.24) is 10.2 Å². The lowest BCUT2D eigenvalue weighted by Gasteiger charge is -2.36. The molecule has 6 heteroatoms. The molecule has 0 aromatic carbocycles. The van der Waals surface area contributed by atoms with E-state index in [0.717, 1.165) is 19.6 Å². The fraction of sp³-hybridized carbons (Fsp3) is 1.00. The number of hydrogen-bond acceptors (Lipinski definition) is 3. The first kappa shape index (κ1) is 16.0. The third-order valence-electron chi connectivity index (χ3n) is 3.97. The normalized spacial score (nSPS) is 25.1. The Morgan fingerprint density at radius 2 is 1.95 bits per heavy atom. The Kier molecular flexibility index (Phi) is 6.11. The highest BCUT2D eigenvalue weighted by atomic mass is 19.4. The second kappa shape index (κ2) is 7.61. The molecular weight excluding hydrogens is 269 g/mol. The molecule has 2 rings (SSSR count). The summed E-state index contributed by atoms with van der Waals surface area (Å²) in [5.41, 5.74) is 0. The van der Waals surface area contributed by atoms with Gasteiger partial charge in [0, 0.05) is 31.8 Å². The Hall–Kier alpha value is -0.330. The van der Waals surface area contributed by atoms with Crippen molar-refractivity contribution in [2.75, 3.05) is 32.8 Å². The minimum Gasteiger partial charge on any atom is -0.372 e. The van der Waals surface area contributed by atoms with Gasteiger partial charge in [-0.25, -0.2) is 0 Å². The summed E-state index contributed by atoms with van der Waals surface area (Å²) in [5, 5.41) is 3.56. The second-order valence-electron chi connectivity index (χ2n) is 5.89. The van der Waals surface area contributed by atoms with Gasteiger partial charge >= 0.3 is 6.18 Å². The van der Waals surface area contributed by atoms with E-state index in [1.54, 1.807) is 0 Å². The van der Waals surface area contributed by atoms with E-state index in [0.29, 0.717) is 18.5 Å². The number of likely N-dealkylation sites (tertiary alicyclic amines) is 1. The lowest BCUT2D eigenvalue weighted by atomic mass is 10.0. The van der Waals surface area contributed by atoms with E-state index < -0.39 is 12.8 Å². The Morgan fingerprint density at radius 3 is 2.65 bits per heavy atom. The summed E-state index contributed by atoms with van der Waals surface area (Å²) in [6.45, 7) is 2.00. The first-order valence-corrected chi connectivity index (χ1v) is 7.66. The first-order chi connectivity index (χ1) is 9.54. The minimum atomic E-state index is -4.21. The number of hydrogen-bond donors (Lipinski definition) is 1. The van der Waals surface area contributed by atoms with Crippen molar-refractivity contribution >= 4 is 0 Å². The maximum atomic E-state index is 11.9. The lowest BCUT2D eigenvalue weighted by Crippen LogP contribution is -2.46. The number of nitrogens with one attached hydrogen (secondary N) is 1. The van der Waals surface area contributed by atoms with Gasteiger partial charge in [0.2, 0.25) is 0 Å². The van der Waals surface area contributed by atoms with E-state index in [2.05, 4.69) is 15.0 Å². The minimum absolute atomic E-state index is 0.193. The molecule has 3 nitrogen and oxygen atoms in total. The number of ether oxygens (including phenoxy) is 1. The predicted molar refractivity (Wildman–Crippen MR) is 71.7 cm³/mol. The van der Waals surface area contributed by atoms with Gasteiger partial charge in [0.05, 0.1) is 0 Å². The molecule has 20 heavy (non-hydrogen) atoms. The Bertz CT molecular complexity index is 282. The van der Waals surface area contributed by atoms with Gasteiger partial charge in [0.25, 0.3) is 0 Å². The lowest BCUT2D eigenvalue weighted by molar-refractivity contribution is -0.174. The van der Waals surface area contributed by atoms with E-state index in [4.69, 9.17) is 0 Å². The molecule has 0 aromatic rings. The Morgan fingerprint density at radius 1 is 1.15 bits per heavy atom. The van der Waals surface area contributed by atoms with Crippen LogP contribution in [0.4, 0.5) is 13.2 Å². The van der Waals surface area contributed by atoms with Gasteiger partial charge in [-0.3, -0.25) is 4.90 Å². The monoisotopic (exact) mass is 294 g/mol. The number of rotatable bonds is 8. The zero-order valence-electron chi connectivity index (χ0n) is 11.9. The van der Waals surface area contributed by atoms with Crippen LogP contribution in [0.3, 0.4) is 0 Å². The molecule has 0 amide bonds. The molecule has 0 bridgehead atoms. The smallest absolute Gasteiger partial charge is 0.372 e. The Balaban J connectivity index is 1.58. The molecule has 1 atom stereocenters. The van der Waals surface area contributed by atoms with Crippen LogP contribution in [0, 0.1) is 0 Å². The van der Waals surface area contributed by atoms with Gasteiger partial charge in [0.15, 0.2) is 0 Å². The molecule has 0 aromatic heterocycles. The summed E-state index contributed by atoms with van der Waals surface area (Å²) in [4.78, 5) is 2.41. The molecule has 0 spiro atoms. The molecule has 1 unspecified atom stereocenters. The highest BCUT2D eigenvalue weighted by Gasteiger charge is 2.28. The zero-order chi connectivity index (χ0) is 14.4. The van der Waals surface area contributed by atoms with Crippen LogP contribution in [0.15, 0.2) is 0 Å². The van der Waals surface area contributed by atoms with E-state index in [-0.39, 0.29) is 6.61 Å². The van der Waals surface area contributed by atoms with Crippen LogP contribution >= 0.6 is 0 Å². The van der Waals surface area contributed by atoms with Crippen molar-refractivity contribution < 1.29 is 17.9 Å². The summed E-state index contributed by atoms with van der Waals surface area (Å²) in [6.07, 6.45) is 2.71. The van der Waals surface area contributed by atoms with Crippen LogP contribution in [0.25, 0.3) is 0 Å². The third-order valence-corrected chi connectivity index (χ3v) is 3.97. The summed E-state index contributed by atoms with van der Waals surface area (Å²) < 4.78 is 40.5. The summed E-state index contributed by atoms with van der Waals surface area (Å²) in [5.74, 6) is 0. The fourth-order valence-electron chi connectivity index (χ4n) is 2.73. The maximum Gasteiger partial charge on any atom is 0.411 e. The van der Waals surface area contributed by atoms with Gasteiger partial charge < -0.3 is 10.1 Å². The van der Waals surface area contributed by atoms with Crippen LogP contribution in [0.5, 0.6) is 0 Å². The summed E-state index contributed by atoms with van der Waals surface area (Å²) >= 11 is 0. The SMILES string of the molecule is FC(F)(F)COCCCN1CCCCC1CNC1CC1. The molecule has 2 aliphatic rings. The zero-order valence-corrected chi connectivity index (χ0v) is 11.9. The van der Waals surface area contributed by atoms with Gasteiger partial charge in [-0.05, 0) is 38.6 Å². The third kappa shape index (κ3) is 6.41. The quantitative estimate of drug-likeness (QED) is 0.696. The van der Waals surface area contributed by atoms with Crippen molar-refractivity contribution in [2.45, 2.75) is 56.8 Å². The number of halogens is 3. The highest BCUT2D eigenvalue weighted by molar-refractivity contribution is 4.85. The number of piperidine rings is 1. The first-order valence-electron chi connectivity index (χ1n) is 7.66. The van der Waals surface area contributed by atoms with E-state index in [1.165, 1.54) is 32.1 Å². The summed E-state index contributed by atoms with van der Waals surface area (Å²) in [7, 11) is 0. The topological polar surface area (TPSA) is 24.5 Å². The molecule has 118 valence electrons. The van der Waals surface area contributed by atoms with Crippen LogP contribution in [-0.4, -0.2) is 56.0 Å². The molecular formula is C14H25F3N2O. The van der Waals surface area contributed by atoms with Crippen molar-refractivity contribution in [3.8, 4) is 0 Å². The van der Waals surface area contributed by atoms with Crippen LogP contribution in [0.2, 0.25) is 0 Å². The van der Waals surface area contributed by atoms with E-state index in [9.17, 15) is 13.2 Å². The van der Waals surface area contributed by atoms with Crippen molar-refractivity contribution in [2.24, 2.45) is 0 Å². The second-order valence-corrected chi connectivity index (χ2v) is 5.89. The maximum absolute atomic E-state index is 11.9. The highest BCUT2D eigenvalue weighted by Crippen LogP contribution is 2.21. The average Bonchev–Trinajstić information content (AvgIpc) is 3.20. The average molecular weight is 294 g/mol. The van der Waals surface area contributed by atoms with Crippen LogP contribution in [0.1, 0.15) is 38.5 Å².